The molecular formula is C13H14N2OS. The van der Waals surface area contributed by atoms with Crippen molar-refractivity contribution < 1.29 is 4.79 Å². The minimum Gasteiger partial charge on any atom is -0.324 e. The molecule has 3 nitrogen and oxygen atoms in total. The SMILES string of the molecule is Cc1ccccc1-c1csc(CC(=O)CN)n1. The van der Waals surface area contributed by atoms with Crippen molar-refractivity contribution in [3.05, 3.63) is 40.2 Å². The average molecular weight is 246 g/mol. The van der Waals surface area contributed by atoms with Crippen molar-refractivity contribution in [2.45, 2.75) is 13.3 Å². The minimum atomic E-state index is 0.0238. The van der Waals surface area contributed by atoms with Gasteiger partial charge in [0.1, 0.15) is 5.01 Å². The summed E-state index contributed by atoms with van der Waals surface area (Å²) in [5.74, 6) is 0.0238. The summed E-state index contributed by atoms with van der Waals surface area (Å²) in [5.41, 5.74) is 8.54. The van der Waals surface area contributed by atoms with Crippen LogP contribution in [0, 0.1) is 6.92 Å². The third-order valence-corrected chi connectivity index (χ3v) is 3.40. The zero-order valence-corrected chi connectivity index (χ0v) is 10.5. The van der Waals surface area contributed by atoms with Crippen LogP contribution in [-0.4, -0.2) is 17.3 Å². The summed E-state index contributed by atoms with van der Waals surface area (Å²) in [6.45, 7) is 2.14. The second kappa shape index (κ2) is 5.21. The van der Waals surface area contributed by atoms with E-state index in [4.69, 9.17) is 5.73 Å². The highest BCUT2D eigenvalue weighted by Crippen LogP contribution is 2.24. The van der Waals surface area contributed by atoms with Gasteiger partial charge in [0.25, 0.3) is 0 Å². The molecule has 0 radical (unpaired) electrons. The van der Waals surface area contributed by atoms with Crippen molar-refractivity contribution in [1.82, 2.24) is 4.98 Å². The molecule has 0 fully saturated rings. The van der Waals surface area contributed by atoms with Crippen LogP contribution in [0.2, 0.25) is 0 Å². The fourth-order valence-corrected chi connectivity index (χ4v) is 2.44. The van der Waals surface area contributed by atoms with Gasteiger partial charge in [-0.1, -0.05) is 24.3 Å². The summed E-state index contributed by atoms with van der Waals surface area (Å²) < 4.78 is 0. The quantitative estimate of drug-likeness (QED) is 0.899. The third-order valence-electron chi connectivity index (χ3n) is 2.55. The summed E-state index contributed by atoms with van der Waals surface area (Å²) in [6.07, 6.45) is 0.340. The maximum Gasteiger partial charge on any atom is 0.153 e. The van der Waals surface area contributed by atoms with Gasteiger partial charge in [-0.2, -0.15) is 0 Å². The van der Waals surface area contributed by atoms with E-state index in [-0.39, 0.29) is 12.3 Å². The number of carbonyl (C=O) groups excluding carboxylic acids is 1. The first-order chi connectivity index (χ1) is 8.20. The Bertz CT molecular complexity index is 534. The van der Waals surface area contributed by atoms with Crippen LogP contribution in [0.25, 0.3) is 11.3 Å². The molecule has 4 heteroatoms. The van der Waals surface area contributed by atoms with Gasteiger partial charge in [0.2, 0.25) is 0 Å². The zero-order valence-electron chi connectivity index (χ0n) is 9.64. The molecule has 0 aliphatic heterocycles. The molecule has 0 bridgehead atoms. The zero-order chi connectivity index (χ0) is 12.3. The maximum atomic E-state index is 11.2. The monoisotopic (exact) mass is 246 g/mol. The Labute approximate surface area is 104 Å². The van der Waals surface area contributed by atoms with Gasteiger partial charge in [-0.25, -0.2) is 4.98 Å². The number of hydrogen-bond acceptors (Lipinski definition) is 4. The van der Waals surface area contributed by atoms with E-state index >= 15 is 0 Å². The molecule has 0 aliphatic rings. The van der Waals surface area contributed by atoms with Crippen molar-refractivity contribution in [1.29, 1.82) is 0 Å². The van der Waals surface area contributed by atoms with Gasteiger partial charge in [0.05, 0.1) is 18.7 Å². The number of nitrogens with two attached hydrogens (primary N) is 1. The molecule has 17 heavy (non-hydrogen) atoms. The van der Waals surface area contributed by atoms with Crippen LogP contribution in [0.15, 0.2) is 29.6 Å². The Morgan fingerprint density at radius 1 is 1.41 bits per heavy atom. The topological polar surface area (TPSA) is 56.0 Å². The van der Waals surface area contributed by atoms with Gasteiger partial charge in [-0.05, 0) is 12.5 Å². The summed E-state index contributed by atoms with van der Waals surface area (Å²) in [5, 5.41) is 2.82. The molecular weight excluding hydrogens is 232 g/mol. The van der Waals surface area contributed by atoms with Gasteiger partial charge in [0, 0.05) is 10.9 Å². The Kier molecular flexibility index (Phi) is 3.66. The second-order valence-corrected chi connectivity index (χ2v) is 4.80. The van der Waals surface area contributed by atoms with Crippen molar-refractivity contribution in [3.8, 4) is 11.3 Å². The fourth-order valence-electron chi connectivity index (χ4n) is 1.62. The lowest BCUT2D eigenvalue weighted by atomic mass is 10.1. The van der Waals surface area contributed by atoms with Crippen LogP contribution in [-0.2, 0) is 11.2 Å². The van der Waals surface area contributed by atoms with E-state index in [9.17, 15) is 4.79 Å². The van der Waals surface area contributed by atoms with Crippen molar-refractivity contribution in [3.63, 3.8) is 0 Å². The smallest absolute Gasteiger partial charge is 0.153 e. The Hall–Kier alpha value is -1.52. The number of nitrogens with zero attached hydrogens (tertiary/aromatic N) is 1. The second-order valence-electron chi connectivity index (χ2n) is 3.86. The largest absolute Gasteiger partial charge is 0.324 e. The molecule has 2 N–H and O–H groups in total. The van der Waals surface area contributed by atoms with Gasteiger partial charge >= 0.3 is 0 Å². The standard InChI is InChI=1S/C13H14N2OS/c1-9-4-2-3-5-11(9)12-8-17-13(15-12)6-10(16)7-14/h2-5,8H,6-7,14H2,1H3. The van der Waals surface area contributed by atoms with E-state index in [1.807, 2.05) is 23.6 Å². The van der Waals surface area contributed by atoms with Crippen LogP contribution in [0.3, 0.4) is 0 Å². The van der Waals surface area contributed by atoms with Crippen LogP contribution < -0.4 is 5.73 Å². The van der Waals surface area contributed by atoms with E-state index in [1.165, 1.54) is 16.9 Å². The Morgan fingerprint density at radius 2 is 2.18 bits per heavy atom. The Balaban J connectivity index is 2.24. The number of thiazole rings is 1. The van der Waals surface area contributed by atoms with Crippen LogP contribution >= 0.6 is 11.3 Å². The molecule has 1 aromatic carbocycles. The lowest BCUT2D eigenvalue weighted by Crippen LogP contribution is -2.15. The molecule has 0 saturated heterocycles. The first kappa shape index (κ1) is 12.0. The average Bonchev–Trinajstić information content (AvgIpc) is 2.78. The number of benzene rings is 1. The van der Waals surface area contributed by atoms with E-state index in [0.29, 0.717) is 6.42 Å². The van der Waals surface area contributed by atoms with Crippen LogP contribution in [0.1, 0.15) is 10.6 Å². The van der Waals surface area contributed by atoms with E-state index in [2.05, 4.69) is 18.0 Å². The van der Waals surface area contributed by atoms with Crippen molar-refractivity contribution in [2.75, 3.05) is 6.54 Å². The minimum absolute atomic E-state index is 0.0238. The third kappa shape index (κ3) is 2.78. The van der Waals surface area contributed by atoms with E-state index in [0.717, 1.165) is 16.3 Å². The van der Waals surface area contributed by atoms with E-state index < -0.39 is 0 Å². The number of aryl methyl sites for hydroxylation is 1. The number of Topliss-reactive ketones (excluding diaryl/α,β-unsaturated/α-hetero) is 1. The first-order valence-electron chi connectivity index (χ1n) is 5.43. The summed E-state index contributed by atoms with van der Waals surface area (Å²) in [7, 11) is 0. The summed E-state index contributed by atoms with van der Waals surface area (Å²) >= 11 is 1.51. The molecule has 2 aromatic rings. The predicted molar refractivity (Wildman–Crippen MR) is 70.1 cm³/mol. The molecule has 0 saturated carbocycles. The first-order valence-corrected chi connectivity index (χ1v) is 6.31. The van der Waals surface area contributed by atoms with Crippen molar-refractivity contribution in [2.24, 2.45) is 5.73 Å². The molecule has 1 aromatic heterocycles. The highest BCUT2D eigenvalue weighted by molar-refractivity contribution is 7.10. The predicted octanol–water partition coefficient (Wildman–Crippen LogP) is 2.19. The molecule has 0 atom stereocenters. The lowest BCUT2D eigenvalue weighted by Gasteiger charge is -2.00. The summed E-state index contributed by atoms with van der Waals surface area (Å²) in [4.78, 5) is 15.7. The van der Waals surface area contributed by atoms with Gasteiger partial charge < -0.3 is 5.73 Å². The number of aromatic nitrogens is 1. The van der Waals surface area contributed by atoms with Gasteiger partial charge in [0.15, 0.2) is 5.78 Å². The number of ketones is 1. The Morgan fingerprint density at radius 3 is 2.88 bits per heavy atom. The molecule has 0 unspecified atom stereocenters. The molecule has 0 amide bonds. The van der Waals surface area contributed by atoms with Gasteiger partial charge in [-0.15, -0.1) is 11.3 Å². The van der Waals surface area contributed by atoms with Crippen LogP contribution in [0.4, 0.5) is 0 Å². The number of carbonyl (C=O) groups is 1. The molecule has 0 aliphatic carbocycles. The highest BCUT2D eigenvalue weighted by atomic mass is 32.1. The van der Waals surface area contributed by atoms with Gasteiger partial charge in [-0.3, -0.25) is 4.79 Å². The summed E-state index contributed by atoms with van der Waals surface area (Å²) in [6, 6.07) is 8.09. The normalized spacial score (nSPS) is 10.5. The number of rotatable bonds is 4. The van der Waals surface area contributed by atoms with Crippen LogP contribution in [0.5, 0.6) is 0 Å². The fraction of sp³-hybridized carbons (Fsp3) is 0.231. The molecule has 2 rings (SSSR count). The highest BCUT2D eigenvalue weighted by Gasteiger charge is 2.09. The molecule has 88 valence electrons. The number of hydrogen-bond donors (Lipinski definition) is 1. The molecule has 1 heterocycles. The lowest BCUT2D eigenvalue weighted by molar-refractivity contribution is -0.117. The maximum absolute atomic E-state index is 11.2. The van der Waals surface area contributed by atoms with E-state index in [1.54, 1.807) is 0 Å². The molecule has 0 spiro atoms. The van der Waals surface area contributed by atoms with Crippen molar-refractivity contribution >= 4 is 17.1 Å².